The minimum absolute atomic E-state index is 0.0746. The minimum Gasteiger partial charge on any atom is -0.480 e. The molecule has 2 rings (SSSR count). The summed E-state index contributed by atoms with van der Waals surface area (Å²) >= 11 is 0. The molecule has 0 bridgehead atoms. The van der Waals surface area contributed by atoms with Crippen molar-refractivity contribution in [3.05, 3.63) is 48.0 Å². The lowest BCUT2D eigenvalue weighted by atomic mass is 9.85. The second-order valence-electron chi connectivity index (χ2n) is 5.41. The van der Waals surface area contributed by atoms with Crippen LogP contribution in [0.2, 0.25) is 0 Å². The predicted molar refractivity (Wildman–Crippen MR) is 85.7 cm³/mol. The molecule has 2 aromatic carbocycles. The van der Waals surface area contributed by atoms with Crippen LogP contribution < -0.4 is 11.5 Å². The van der Waals surface area contributed by atoms with Crippen LogP contribution in [0, 0.1) is 0 Å². The van der Waals surface area contributed by atoms with Crippen molar-refractivity contribution in [1.29, 1.82) is 0 Å². The first kappa shape index (κ1) is 16.1. The number of carbonyl (C=O) groups is 2. The first-order chi connectivity index (χ1) is 10.5. The molecule has 0 aromatic heterocycles. The summed E-state index contributed by atoms with van der Waals surface area (Å²) in [6, 6.07) is 12.7. The van der Waals surface area contributed by atoms with Crippen molar-refractivity contribution in [3.63, 3.8) is 0 Å². The number of unbranched alkanes of at least 4 members (excludes halogenated alkanes) is 1. The van der Waals surface area contributed by atoms with Crippen LogP contribution in [0.25, 0.3) is 10.8 Å². The third-order valence-corrected chi connectivity index (χ3v) is 3.82. The second kappa shape index (κ2) is 6.68. The molecule has 1 unspecified atom stereocenters. The van der Waals surface area contributed by atoms with Gasteiger partial charge in [0, 0.05) is 5.56 Å². The number of ketones is 1. The summed E-state index contributed by atoms with van der Waals surface area (Å²) in [5.41, 5.74) is 9.73. The summed E-state index contributed by atoms with van der Waals surface area (Å²) in [6.45, 7) is 0.444. The number of carboxylic acids is 1. The van der Waals surface area contributed by atoms with Gasteiger partial charge in [-0.1, -0.05) is 36.4 Å². The maximum Gasteiger partial charge on any atom is 0.331 e. The highest BCUT2D eigenvalue weighted by atomic mass is 16.4. The second-order valence-corrected chi connectivity index (χ2v) is 5.41. The number of carbonyl (C=O) groups excluding carboxylic acids is 1. The number of fused-ring (bicyclic) bond motifs is 1. The zero-order chi connectivity index (χ0) is 16.2. The highest BCUT2D eigenvalue weighted by Crippen LogP contribution is 2.22. The van der Waals surface area contributed by atoms with Crippen molar-refractivity contribution in [1.82, 2.24) is 0 Å². The number of Topliss-reactive ketones (excluding diaryl/α,β-unsaturated/α-hetero) is 1. The fraction of sp³-hybridized carbons (Fsp3) is 0.294. The first-order valence-corrected chi connectivity index (χ1v) is 7.25. The van der Waals surface area contributed by atoms with Crippen molar-refractivity contribution in [2.24, 2.45) is 11.5 Å². The average molecular weight is 300 g/mol. The molecule has 0 saturated carbocycles. The summed E-state index contributed by atoms with van der Waals surface area (Å²) in [6.07, 6.45) is 1.21. The minimum atomic E-state index is -1.91. The molecule has 116 valence electrons. The van der Waals surface area contributed by atoms with Gasteiger partial charge in [-0.3, -0.25) is 4.79 Å². The van der Waals surface area contributed by atoms with Gasteiger partial charge >= 0.3 is 5.97 Å². The van der Waals surface area contributed by atoms with E-state index in [1.807, 2.05) is 24.3 Å². The Labute approximate surface area is 128 Å². The molecule has 0 fully saturated rings. The number of nitrogens with two attached hydrogens (primary N) is 2. The van der Waals surface area contributed by atoms with Crippen LogP contribution in [0.3, 0.4) is 0 Å². The molecule has 22 heavy (non-hydrogen) atoms. The largest absolute Gasteiger partial charge is 0.480 e. The molecular formula is C17H20N2O3. The Bertz CT molecular complexity index is 699. The van der Waals surface area contributed by atoms with Crippen molar-refractivity contribution in [2.45, 2.75) is 24.8 Å². The molecule has 2 aromatic rings. The van der Waals surface area contributed by atoms with Gasteiger partial charge in [0.15, 0.2) is 11.3 Å². The van der Waals surface area contributed by atoms with E-state index in [1.54, 1.807) is 18.2 Å². The molecule has 0 aliphatic carbocycles. The zero-order valence-corrected chi connectivity index (χ0v) is 12.3. The third-order valence-electron chi connectivity index (χ3n) is 3.82. The number of carboxylic acid groups (broad SMARTS) is 1. The predicted octanol–water partition coefficient (Wildman–Crippen LogP) is 1.93. The highest BCUT2D eigenvalue weighted by Gasteiger charge is 2.41. The maximum atomic E-state index is 12.6. The Hall–Kier alpha value is -2.24. The van der Waals surface area contributed by atoms with Gasteiger partial charge in [0.2, 0.25) is 0 Å². The topological polar surface area (TPSA) is 106 Å². The number of aliphatic carboxylic acids is 1. The van der Waals surface area contributed by atoms with E-state index in [1.165, 1.54) is 0 Å². The Kier molecular flexibility index (Phi) is 4.90. The Morgan fingerprint density at radius 3 is 2.36 bits per heavy atom. The van der Waals surface area contributed by atoms with E-state index in [-0.39, 0.29) is 6.42 Å². The molecule has 5 N–H and O–H groups in total. The highest BCUT2D eigenvalue weighted by molar-refractivity contribution is 6.16. The van der Waals surface area contributed by atoms with Crippen molar-refractivity contribution >= 4 is 22.5 Å². The lowest BCUT2D eigenvalue weighted by Crippen LogP contribution is -2.55. The number of rotatable bonds is 7. The van der Waals surface area contributed by atoms with Crippen molar-refractivity contribution in [3.8, 4) is 0 Å². The van der Waals surface area contributed by atoms with E-state index in [0.29, 0.717) is 24.9 Å². The van der Waals surface area contributed by atoms with Crippen LogP contribution in [0.5, 0.6) is 0 Å². The molecule has 5 heteroatoms. The standard InChI is InChI=1S/C17H20N2O3/c18-10-4-3-9-17(19,16(21)22)15(20)14-8-7-12-5-1-2-6-13(12)11-14/h1-2,5-8,11H,3-4,9-10,18-19H2,(H,21,22). The van der Waals surface area contributed by atoms with E-state index in [0.717, 1.165) is 10.8 Å². The molecule has 1 atom stereocenters. The summed E-state index contributed by atoms with van der Waals surface area (Å²) in [5, 5.41) is 11.3. The van der Waals surface area contributed by atoms with Gasteiger partial charge in [-0.2, -0.15) is 0 Å². The van der Waals surface area contributed by atoms with Gasteiger partial charge in [0.25, 0.3) is 0 Å². The van der Waals surface area contributed by atoms with E-state index in [9.17, 15) is 14.7 Å². The van der Waals surface area contributed by atoms with Gasteiger partial charge < -0.3 is 16.6 Å². The molecule has 5 nitrogen and oxygen atoms in total. The van der Waals surface area contributed by atoms with Crippen LogP contribution >= 0.6 is 0 Å². The molecule has 0 aliphatic heterocycles. The van der Waals surface area contributed by atoms with Gasteiger partial charge in [0.1, 0.15) is 0 Å². The normalized spacial score (nSPS) is 13.7. The molecule has 0 radical (unpaired) electrons. The number of hydrogen-bond donors (Lipinski definition) is 3. The van der Waals surface area contributed by atoms with E-state index in [2.05, 4.69) is 0 Å². The van der Waals surface area contributed by atoms with Gasteiger partial charge in [-0.25, -0.2) is 4.79 Å². The fourth-order valence-electron chi connectivity index (χ4n) is 2.45. The summed E-state index contributed by atoms with van der Waals surface area (Å²) in [7, 11) is 0. The van der Waals surface area contributed by atoms with Crippen LogP contribution in [0.4, 0.5) is 0 Å². The van der Waals surface area contributed by atoms with Crippen LogP contribution in [0.15, 0.2) is 42.5 Å². The zero-order valence-electron chi connectivity index (χ0n) is 12.3. The summed E-state index contributed by atoms with van der Waals surface area (Å²) in [4.78, 5) is 24.1. The molecule has 0 spiro atoms. The molecule has 0 aliphatic rings. The molecule has 0 heterocycles. The number of hydrogen-bond acceptors (Lipinski definition) is 4. The molecule has 0 saturated heterocycles. The summed E-state index contributed by atoms with van der Waals surface area (Å²) < 4.78 is 0. The van der Waals surface area contributed by atoms with Crippen molar-refractivity contribution in [2.75, 3.05) is 6.54 Å². The third kappa shape index (κ3) is 3.16. The lowest BCUT2D eigenvalue weighted by molar-refractivity contribution is -0.141. The van der Waals surface area contributed by atoms with Crippen LogP contribution in [-0.4, -0.2) is 28.9 Å². The van der Waals surface area contributed by atoms with Gasteiger partial charge in [-0.15, -0.1) is 0 Å². The first-order valence-electron chi connectivity index (χ1n) is 7.25. The van der Waals surface area contributed by atoms with E-state index < -0.39 is 17.3 Å². The fourth-order valence-corrected chi connectivity index (χ4v) is 2.45. The van der Waals surface area contributed by atoms with Crippen LogP contribution in [-0.2, 0) is 4.79 Å². The monoisotopic (exact) mass is 300 g/mol. The van der Waals surface area contributed by atoms with Crippen LogP contribution in [0.1, 0.15) is 29.6 Å². The Morgan fingerprint density at radius 2 is 1.73 bits per heavy atom. The van der Waals surface area contributed by atoms with Gasteiger partial charge in [0.05, 0.1) is 0 Å². The average Bonchev–Trinajstić information content (AvgIpc) is 2.53. The SMILES string of the molecule is NCCCCC(N)(C(=O)O)C(=O)c1ccc2ccccc2c1. The maximum absolute atomic E-state index is 12.6. The Balaban J connectivity index is 2.34. The van der Waals surface area contributed by atoms with Gasteiger partial charge in [-0.05, 0) is 42.6 Å². The van der Waals surface area contributed by atoms with E-state index >= 15 is 0 Å². The number of benzene rings is 2. The smallest absolute Gasteiger partial charge is 0.331 e. The molecular weight excluding hydrogens is 280 g/mol. The van der Waals surface area contributed by atoms with Crippen molar-refractivity contribution < 1.29 is 14.7 Å². The van der Waals surface area contributed by atoms with E-state index in [4.69, 9.17) is 11.5 Å². The quantitative estimate of drug-likeness (QED) is 0.411. The Morgan fingerprint density at radius 1 is 1.05 bits per heavy atom. The summed E-state index contributed by atoms with van der Waals surface area (Å²) in [5.74, 6) is -1.87. The lowest BCUT2D eigenvalue weighted by Gasteiger charge is -2.23. The molecule has 0 amide bonds.